The molecule has 1 heterocycles. The second-order valence-electron chi connectivity index (χ2n) is 5.05. The molecule has 1 aliphatic rings. The van der Waals surface area contributed by atoms with Crippen LogP contribution in [0.2, 0.25) is 10.0 Å². The molecule has 0 aromatic heterocycles. The van der Waals surface area contributed by atoms with Crippen LogP contribution < -0.4 is 16.0 Å². The van der Waals surface area contributed by atoms with E-state index in [0.717, 1.165) is 0 Å². The van der Waals surface area contributed by atoms with E-state index in [0.29, 0.717) is 21.3 Å². The van der Waals surface area contributed by atoms with Crippen molar-refractivity contribution < 1.29 is 14.4 Å². The van der Waals surface area contributed by atoms with Crippen LogP contribution in [0, 0.1) is 0 Å². The quantitative estimate of drug-likeness (QED) is 0.731. The summed E-state index contributed by atoms with van der Waals surface area (Å²) in [6.45, 7) is 0.147. The lowest BCUT2D eigenvalue weighted by atomic mass is 10.1. The summed E-state index contributed by atoms with van der Waals surface area (Å²) in [7, 11) is 0. The zero-order chi connectivity index (χ0) is 17.3. The number of rotatable bonds is 3. The number of amides is 4. The van der Waals surface area contributed by atoms with E-state index in [4.69, 9.17) is 23.2 Å². The first-order chi connectivity index (χ1) is 11.5. The summed E-state index contributed by atoms with van der Waals surface area (Å²) in [5.41, 5.74) is 1.51. The van der Waals surface area contributed by atoms with Gasteiger partial charge in [0.25, 0.3) is 11.8 Å². The van der Waals surface area contributed by atoms with Gasteiger partial charge in [-0.2, -0.15) is 0 Å². The van der Waals surface area contributed by atoms with Crippen molar-refractivity contribution in [1.82, 2.24) is 10.6 Å². The molecule has 0 atom stereocenters. The maximum Gasteiger partial charge on any atom is 0.319 e. The van der Waals surface area contributed by atoms with Crippen molar-refractivity contribution in [2.75, 3.05) is 5.32 Å². The summed E-state index contributed by atoms with van der Waals surface area (Å²) in [6.07, 6.45) is 0. The highest BCUT2D eigenvalue weighted by molar-refractivity contribution is 6.36. The Morgan fingerprint density at radius 2 is 1.67 bits per heavy atom. The van der Waals surface area contributed by atoms with Crippen LogP contribution in [0.15, 0.2) is 36.4 Å². The van der Waals surface area contributed by atoms with Crippen LogP contribution in [-0.2, 0) is 6.54 Å². The number of benzene rings is 2. The topological polar surface area (TPSA) is 87.3 Å². The van der Waals surface area contributed by atoms with E-state index in [-0.39, 0.29) is 17.7 Å². The Morgan fingerprint density at radius 1 is 1.00 bits per heavy atom. The van der Waals surface area contributed by atoms with Crippen molar-refractivity contribution >= 4 is 46.7 Å². The molecule has 2 aromatic carbocycles. The number of halogens is 2. The molecule has 2 aromatic rings. The predicted molar refractivity (Wildman–Crippen MR) is 90.6 cm³/mol. The van der Waals surface area contributed by atoms with Crippen LogP contribution in [0.4, 0.5) is 10.5 Å². The smallest absolute Gasteiger partial charge is 0.319 e. The zero-order valence-electron chi connectivity index (χ0n) is 12.2. The molecule has 0 fully saturated rings. The van der Waals surface area contributed by atoms with Crippen molar-refractivity contribution in [3.05, 3.63) is 63.1 Å². The fourth-order valence-electron chi connectivity index (χ4n) is 2.29. The molecule has 1 aliphatic heterocycles. The number of fused-ring (bicyclic) bond motifs is 1. The first kappa shape index (κ1) is 16.3. The molecule has 122 valence electrons. The summed E-state index contributed by atoms with van der Waals surface area (Å²) < 4.78 is 0. The molecule has 0 spiro atoms. The Labute approximate surface area is 147 Å². The van der Waals surface area contributed by atoms with Crippen LogP contribution in [0.5, 0.6) is 0 Å². The molecule has 3 N–H and O–H groups in total. The molecule has 8 heteroatoms. The highest BCUT2D eigenvalue weighted by atomic mass is 35.5. The van der Waals surface area contributed by atoms with E-state index < -0.39 is 17.8 Å². The van der Waals surface area contributed by atoms with Gasteiger partial charge in [-0.1, -0.05) is 29.3 Å². The molecule has 6 nitrogen and oxygen atoms in total. The number of imide groups is 1. The molecular formula is C16H11Cl2N3O3. The van der Waals surface area contributed by atoms with Gasteiger partial charge in [-0.05, 0) is 30.3 Å². The molecule has 24 heavy (non-hydrogen) atoms. The van der Waals surface area contributed by atoms with E-state index in [2.05, 4.69) is 16.0 Å². The Morgan fingerprint density at radius 3 is 2.38 bits per heavy atom. The van der Waals surface area contributed by atoms with E-state index in [1.165, 1.54) is 12.1 Å². The van der Waals surface area contributed by atoms with Gasteiger partial charge in [0.15, 0.2) is 0 Å². The average molecular weight is 364 g/mol. The van der Waals surface area contributed by atoms with Crippen molar-refractivity contribution in [2.45, 2.75) is 6.54 Å². The monoisotopic (exact) mass is 363 g/mol. The number of nitrogens with one attached hydrogen (secondary N) is 3. The number of anilines is 1. The lowest BCUT2D eigenvalue weighted by Crippen LogP contribution is -2.28. The third-order valence-electron chi connectivity index (χ3n) is 3.48. The van der Waals surface area contributed by atoms with Crippen LogP contribution in [0.25, 0.3) is 0 Å². The summed E-state index contributed by atoms with van der Waals surface area (Å²) >= 11 is 12.1. The second kappa shape index (κ2) is 6.51. The standard InChI is InChI=1S/C16H11Cl2N3O3/c17-12-2-1-3-13(18)11(12)7-19-16(24)20-8-4-5-9-10(6-8)15(23)21-14(9)22/h1-6H,7H2,(H2,19,20,24)(H,21,22,23). The van der Waals surface area contributed by atoms with Gasteiger partial charge in [0.2, 0.25) is 0 Å². The molecule has 0 unspecified atom stereocenters. The minimum atomic E-state index is -0.490. The number of carbonyl (C=O) groups is 3. The van der Waals surface area contributed by atoms with Gasteiger partial charge in [-0.25, -0.2) is 4.79 Å². The Balaban J connectivity index is 1.67. The molecule has 0 bridgehead atoms. The fraction of sp³-hybridized carbons (Fsp3) is 0.0625. The largest absolute Gasteiger partial charge is 0.334 e. The van der Waals surface area contributed by atoms with Gasteiger partial charge in [-0.3, -0.25) is 14.9 Å². The fourth-order valence-corrected chi connectivity index (χ4v) is 2.82. The molecule has 0 radical (unpaired) electrons. The Kier molecular flexibility index (Phi) is 4.42. The minimum absolute atomic E-state index is 0.147. The molecule has 0 saturated heterocycles. The van der Waals surface area contributed by atoms with Crippen LogP contribution in [0.1, 0.15) is 26.3 Å². The summed E-state index contributed by atoms with van der Waals surface area (Å²) in [5, 5.41) is 8.31. The highest BCUT2D eigenvalue weighted by Crippen LogP contribution is 2.24. The SMILES string of the molecule is O=C(NCc1c(Cl)cccc1Cl)Nc1ccc2c(c1)C(=O)NC2=O. The summed E-state index contributed by atoms with van der Waals surface area (Å²) in [4.78, 5) is 35.1. The van der Waals surface area contributed by atoms with Crippen molar-refractivity contribution in [3.63, 3.8) is 0 Å². The number of urea groups is 1. The number of hydrogen-bond donors (Lipinski definition) is 3. The van der Waals surface area contributed by atoms with E-state index in [1.807, 2.05) is 0 Å². The molecule has 4 amide bonds. The van der Waals surface area contributed by atoms with Gasteiger partial charge in [0, 0.05) is 27.8 Å². The third kappa shape index (κ3) is 3.20. The maximum absolute atomic E-state index is 12.0. The Hall–Kier alpha value is -2.57. The first-order valence-corrected chi connectivity index (χ1v) is 7.69. The predicted octanol–water partition coefficient (Wildman–Crippen LogP) is 3.20. The van der Waals surface area contributed by atoms with Crippen LogP contribution >= 0.6 is 23.2 Å². The van der Waals surface area contributed by atoms with E-state index in [9.17, 15) is 14.4 Å². The maximum atomic E-state index is 12.0. The lowest BCUT2D eigenvalue weighted by molar-refractivity contribution is 0.0879. The van der Waals surface area contributed by atoms with Crippen molar-refractivity contribution in [1.29, 1.82) is 0 Å². The normalized spacial score (nSPS) is 12.6. The van der Waals surface area contributed by atoms with Crippen molar-refractivity contribution in [2.24, 2.45) is 0 Å². The molecule has 0 aliphatic carbocycles. The Bertz CT molecular complexity index is 847. The zero-order valence-corrected chi connectivity index (χ0v) is 13.7. The van der Waals surface area contributed by atoms with Gasteiger partial charge in [0.1, 0.15) is 0 Å². The average Bonchev–Trinajstić information content (AvgIpc) is 2.81. The van der Waals surface area contributed by atoms with E-state index in [1.54, 1.807) is 24.3 Å². The number of carbonyl (C=O) groups excluding carboxylic acids is 3. The van der Waals surface area contributed by atoms with Gasteiger partial charge in [-0.15, -0.1) is 0 Å². The van der Waals surface area contributed by atoms with Gasteiger partial charge >= 0.3 is 6.03 Å². The first-order valence-electron chi connectivity index (χ1n) is 6.93. The van der Waals surface area contributed by atoms with E-state index >= 15 is 0 Å². The van der Waals surface area contributed by atoms with Crippen LogP contribution in [0.3, 0.4) is 0 Å². The van der Waals surface area contributed by atoms with Gasteiger partial charge in [0.05, 0.1) is 11.1 Å². The lowest BCUT2D eigenvalue weighted by Gasteiger charge is -2.10. The highest BCUT2D eigenvalue weighted by Gasteiger charge is 2.26. The third-order valence-corrected chi connectivity index (χ3v) is 4.19. The molecule has 3 rings (SSSR count). The minimum Gasteiger partial charge on any atom is -0.334 e. The number of hydrogen-bond acceptors (Lipinski definition) is 3. The second-order valence-corrected chi connectivity index (χ2v) is 5.87. The van der Waals surface area contributed by atoms with Crippen molar-refractivity contribution in [3.8, 4) is 0 Å². The van der Waals surface area contributed by atoms with Crippen LogP contribution in [-0.4, -0.2) is 17.8 Å². The molecule has 0 saturated carbocycles. The van der Waals surface area contributed by atoms with Gasteiger partial charge < -0.3 is 10.6 Å². The summed E-state index contributed by atoms with van der Waals surface area (Å²) in [6, 6.07) is 9.05. The summed E-state index contributed by atoms with van der Waals surface area (Å²) in [5.74, 6) is -0.929. The molecular weight excluding hydrogens is 353 g/mol.